The predicted octanol–water partition coefficient (Wildman–Crippen LogP) is 6.17. The van der Waals surface area contributed by atoms with Crippen LogP contribution in [0.4, 0.5) is 0 Å². The van der Waals surface area contributed by atoms with E-state index < -0.39 is 5.54 Å². The van der Waals surface area contributed by atoms with Crippen LogP contribution in [0.1, 0.15) is 40.7 Å². The van der Waals surface area contributed by atoms with Gasteiger partial charge in [0.15, 0.2) is 0 Å². The van der Waals surface area contributed by atoms with Gasteiger partial charge in [-0.15, -0.1) is 0 Å². The van der Waals surface area contributed by atoms with Crippen LogP contribution in [0.15, 0.2) is 91.0 Å². The Morgan fingerprint density at radius 1 is 0.868 bits per heavy atom. The lowest BCUT2D eigenvalue weighted by Gasteiger charge is -2.39. The van der Waals surface area contributed by atoms with Crippen LogP contribution in [0.25, 0.3) is 10.8 Å². The van der Waals surface area contributed by atoms with Crippen molar-refractivity contribution < 1.29 is 23.8 Å². The number of methoxy groups -OCH3 is 1. The molecule has 1 amide bonds. The Morgan fingerprint density at radius 3 is 2.39 bits per heavy atom. The van der Waals surface area contributed by atoms with Crippen molar-refractivity contribution in [3.05, 3.63) is 108 Å². The summed E-state index contributed by atoms with van der Waals surface area (Å²) >= 11 is 0. The van der Waals surface area contributed by atoms with Gasteiger partial charge in [-0.1, -0.05) is 66.7 Å². The fourth-order valence-electron chi connectivity index (χ4n) is 5.12. The third-order valence-electron chi connectivity index (χ3n) is 7.14. The van der Waals surface area contributed by atoms with Crippen LogP contribution in [0.3, 0.4) is 0 Å². The first-order valence-electron chi connectivity index (χ1n) is 12.9. The second-order valence-corrected chi connectivity index (χ2v) is 9.49. The molecule has 1 fully saturated rings. The first-order valence-corrected chi connectivity index (χ1v) is 12.9. The molecule has 1 N–H and O–H groups in total. The molecule has 0 spiro atoms. The topological polar surface area (TPSA) is 73.9 Å². The molecule has 4 aromatic rings. The minimum atomic E-state index is -0.591. The molecule has 0 saturated carbocycles. The predicted molar refractivity (Wildman–Crippen MR) is 146 cm³/mol. The number of aryl methyl sites for hydroxylation is 1. The number of nitrogens with one attached hydrogen (secondary N) is 1. The largest absolute Gasteiger partial charge is 0.469 e. The molecule has 0 unspecified atom stereocenters. The summed E-state index contributed by atoms with van der Waals surface area (Å²) < 4.78 is 16.6. The van der Waals surface area contributed by atoms with Gasteiger partial charge in [-0.3, -0.25) is 9.59 Å². The van der Waals surface area contributed by atoms with Gasteiger partial charge in [0.25, 0.3) is 5.91 Å². The zero-order chi connectivity index (χ0) is 26.4. The van der Waals surface area contributed by atoms with Crippen LogP contribution >= 0.6 is 0 Å². The molecule has 38 heavy (non-hydrogen) atoms. The molecule has 194 valence electrons. The third kappa shape index (κ3) is 5.55. The second kappa shape index (κ2) is 11.5. The molecule has 0 atom stereocenters. The molecular formula is C32H31NO5. The van der Waals surface area contributed by atoms with Crippen molar-refractivity contribution in [1.82, 2.24) is 5.32 Å². The van der Waals surface area contributed by atoms with Gasteiger partial charge in [0.1, 0.15) is 11.5 Å². The highest BCUT2D eigenvalue weighted by molar-refractivity contribution is 5.97. The molecule has 0 bridgehead atoms. The second-order valence-electron chi connectivity index (χ2n) is 9.49. The van der Waals surface area contributed by atoms with Crippen molar-refractivity contribution in [3.63, 3.8) is 0 Å². The Hall–Kier alpha value is -4.16. The lowest BCUT2D eigenvalue weighted by atomic mass is 9.80. The maximum atomic E-state index is 14.0. The van der Waals surface area contributed by atoms with Gasteiger partial charge < -0.3 is 19.5 Å². The number of para-hydroxylation sites is 1. The van der Waals surface area contributed by atoms with Gasteiger partial charge in [-0.2, -0.15) is 0 Å². The Kier molecular flexibility index (Phi) is 7.70. The smallest absolute Gasteiger partial charge is 0.305 e. The van der Waals surface area contributed by atoms with Gasteiger partial charge in [-0.05, 0) is 65.4 Å². The molecule has 1 saturated heterocycles. The molecule has 1 heterocycles. The average Bonchev–Trinajstić information content (AvgIpc) is 2.97. The van der Waals surface area contributed by atoms with Crippen molar-refractivity contribution in [1.29, 1.82) is 0 Å². The number of esters is 1. The van der Waals surface area contributed by atoms with E-state index in [0.29, 0.717) is 49.5 Å². The van der Waals surface area contributed by atoms with Crippen molar-refractivity contribution in [3.8, 4) is 11.5 Å². The number of ether oxygens (including phenoxy) is 3. The number of amides is 1. The van der Waals surface area contributed by atoms with Crippen molar-refractivity contribution in [2.75, 3.05) is 20.3 Å². The normalized spacial score (nSPS) is 14.6. The highest BCUT2D eigenvalue weighted by atomic mass is 16.5. The van der Waals surface area contributed by atoms with E-state index in [1.165, 1.54) is 7.11 Å². The molecule has 5 rings (SSSR count). The standard InChI is InChI=1S/C32H31NO5/c1-36-30(34)17-15-24-14-16-26(38-25-10-3-2-4-11-25)22-28(24)31(35)33-32(18-20-37-21-19-32)29-13-7-9-23-8-5-6-12-27(23)29/h2-14,16,22H,15,17-21H2,1H3,(H,33,35). The maximum absolute atomic E-state index is 14.0. The minimum absolute atomic E-state index is 0.179. The van der Waals surface area contributed by atoms with E-state index >= 15 is 0 Å². The number of benzene rings is 4. The van der Waals surface area contributed by atoms with E-state index in [-0.39, 0.29) is 18.3 Å². The number of carbonyl (C=O) groups excluding carboxylic acids is 2. The molecule has 4 aromatic carbocycles. The summed E-state index contributed by atoms with van der Waals surface area (Å²) in [5, 5.41) is 5.64. The number of hydrogen-bond acceptors (Lipinski definition) is 5. The summed E-state index contributed by atoms with van der Waals surface area (Å²) in [6, 6.07) is 29.3. The number of fused-ring (bicyclic) bond motifs is 1. The van der Waals surface area contributed by atoms with Gasteiger partial charge in [0, 0.05) is 25.2 Å². The molecule has 6 nitrogen and oxygen atoms in total. The summed E-state index contributed by atoms with van der Waals surface area (Å²) in [4.78, 5) is 25.9. The van der Waals surface area contributed by atoms with Gasteiger partial charge >= 0.3 is 5.97 Å². The number of rotatable bonds is 8. The van der Waals surface area contributed by atoms with E-state index in [1.54, 1.807) is 6.07 Å². The molecule has 1 aliphatic rings. The van der Waals surface area contributed by atoms with Crippen molar-refractivity contribution >= 4 is 22.6 Å². The monoisotopic (exact) mass is 509 g/mol. The van der Waals surface area contributed by atoms with Crippen molar-refractivity contribution in [2.45, 2.75) is 31.2 Å². The molecular weight excluding hydrogens is 478 g/mol. The van der Waals surface area contributed by atoms with Crippen LogP contribution in [0.2, 0.25) is 0 Å². The zero-order valence-corrected chi connectivity index (χ0v) is 21.4. The van der Waals surface area contributed by atoms with E-state index in [0.717, 1.165) is 21.9 Å². The lowest BCUT2D eigenvalue weighted by molar-refractivity contribution is -0.140. The van der Waals surface area contributed by atoms with E-state index in [4.69, 9.17) is 14.2 Å². The molecule has 1 aliphatic heterocycles. The fraction of sp³-hybridized carbons (Fsp3) is 0.250. The molecule has 0 aromatic heterocycles. The summed E-state index contributed by atoms with van der Waals surface area (Å²) in [5.74, 6) is 0.697. The van der Waals surface area contributed by atoms with Crippen LogP contribution < -0.4 is 10.1 Å². The highest BCUT2D eigenvalue weighted by Crippen LogP contribution is 2.37. The Morgan fingerprint density at radius 2 is 1.61 bits per heavy atom. The molecule has 0 radical (unpaired) electrons. The van der Waals surface area contributed by atoms with E-state index in [2.05, 4.69) is 29.6 Å². The van der Waals surface area contributed by atoms with Crippen molar-refractivity contribution in [2.24, 2.45) is 0 Å². The van der Waals surface area contributed by atoms with E-state index in [1.807, 2.05) is 60.7 Å². The number of hydrogen-bond donors (Lipinski definition) is 1. The maximum Gasteiger partial charge on any atom is 0.305 e. The summed E-state index contributed by atoms with van der Waals surface area (Å²) in [6.07, 6.45) is 1.87. The quantitative estimate of drug-likeness (QED) is 0.288. The SMILES string of the molecule is COC(=O)CCc1ccc(Oc2ccccc2)cc1C(=O)NC1(c2cccc3ccccc23)CCOCC1. The Bertz CT molecular complexity index is 1420. The fourth-order valence-corrected chi connectivity index (χ4v) is 5.12. The molecule has 0 aliphatic carbocycles. The minimum Gasteiger partial charge on any atom is -0.469 e. The Balaban J connectivity index is 1.52. The van der Waals surface area contributed by atoms with Gasteiger partial charge in [-0.25, -0.2) is 0 Å². The number of carbonyl (C=O) groups is 2. The summed E-state index contributed by atoms with van der Waals surface area (Å²) in [6.45, 7) is 1.10. The van der Waals surface area contributed by atoms with Crippen LogP contribution in [0.5, 0.6) is 11.5 Å². The van der Waals surface area contributed by atoms with Gasteiger partial charge in [0.05, 0.1) is 12.6 Å². The van der Waals surface area contributed by atoms with Crippen LogP contribution in [-0.2, 0) is 26.2 Å². The highest BCUT2D eigenvalue weighted by Gasteiger charge is 2.37. The van der Waals surface area contributed by atoms with Crippen LogP contribution in [0, 0.1) is 0 Å². The average molecular weight is 510 g/mol. The molecule has 6 heteroatoms. The first-order chi connectivity index (χ1) is 18.6. The van der Waals surface area contributed by atoms with Gasteiger partial charge in [0.2, 0.25) is 0 Å². The summed E-state index contributed by atoms with van der Waals surface area (Å²) in [7, 11) is 1.37. The first kappa shape index (κ1) is 25.5. The lowest BCUT2D eigenvalue weighted by Crippen LogP contribution is -2.49. The summed E-state index contributed by atoms with van der Waals surface area (Å²) in [5.41, 5.74) is 1.73. The zero-order valence-electron chi connectivity index (χ0n) is 21.4. The third-order valence-corrected chi connectivity index (χ3v) is 7.14. The Labute approximate surface area is 222 Å². The van der Waals surface area contributed by atoms with E-state index in [9.17, 15) is 9.59 Å². The van der Waals surface area contributed by atoms with Crippen LogP contribution in [-0.4, -0.2) is 32.2 Å².